The Hall–Kier alpha value is -1.39. The highest BCUT2D eigenvalue weighted by Crippen LogP contribution is 2.16. The Kier molecular flexibility index (Phi) is 3.82. The fraction of sp³-hybridized carbons (Fsp3) is 0.700. The molecule has 5 heteroatoms. The molecule has 0 aromatic rings. The third-order valence-electron chi connectivity index (χ3n) is 2.75. The topological polar surface area (TPSA) is 75.3 Å². The monoisotopic (exact) mass is 212 g/mol. The SMILES string of the molecule is CCC(C)CCC1C(=O)NC(=O)NC1=O. The van der Waals surface area contributed by atoms with Crippen molar-refractivity contribution in [2.75, 3.05) is 0 Å². The first-order chi connectivity index (χ1) is 7.04. The Balaban J connectivity index is 2.50. The lowest BCUT2D eigenvalue weighted by molar-refractivity contribution is -0.136. The number of carbonyl (C=O) groups excluding carboxylic acids is 3. The lowest BCUT2D eigenvalue weighted by Gasteiger charge is -2.21. The second kappa shape index (κ2) is 4.91. The highest BCUT2D eigenvalue weighted by Gasteiger charge is 2.33. The van der Waals surface area contributed by atoms with Crippen LogP contribution in [0.25, 0.3) is 0 Å². The molecule has 4 amide bonds. The van der Waals surface area contributed by atoms with E-state index in [0.29, 0.717) is 12.3 Å². The number of urea groups is 1. The van der Waals surface area contributed by atoms with Crippen LogP contribution in [0.3, 0.4) is 0 Å². The number of nitrogens with one attached hydrogen (secondary N) is 2. The molecule has 0 bridgehead atoms. The summed E-state index contributed by atoms with van der Waals surface area (Å²) in [7, 11) is 0. The average molecular weight is 212 g/mol. The summed E-state index contributed by atoms with van der Waals surface area (Å²) in [6, 6.07) is -0.718. The van der Waals surface area contributed by atoms with E-state index < -0.39 is 23.8 Å². The quantitative estimate of drug-likeness (QED) is 0.677. The van der Waals surface area contributed by atoms with E-state index in [2.05, 4.69) is 24.5 Å². The minimum atomic E-state index is -0.718. The van der Waals surface area contributed by atoms with Crippen molar-refractivity contribution >= 4 is 17.8 Å². The van der Waals surface area contributed by atoms with Gasteiger partial charge in [-0.2, -0.15) is 0 Å². The normalized spacial score (nSPS) is 19.7. The molecule has 1 saturated heterocycles. The van der Waals surface area contributed by atoms with E-state index in [-0.39, 0.29) is 0 Å². The minimum absolute atomic E-state index is 0.480. The van der Waals surface area contributed by atoms with Crippen LogP contribution in [0.15, 0.2) is 0 Å². The zero-order valence-corrected chi connectivity index (χ0v) is 9.00. The Morgan fingerprint density at radius 2 is 1.73 bits per heavy atom. The molecule has 84 valence electrons. The molecule has 1 atom stereocenters. The van der Waals surface area contributed by atoms with Crippen LogP contribution in [0, 0.1) is 11.8 Å². The lowest BCUT2D eigenvalue weighted by Crippen LogP contribution is -2.55. The van der Waals surface area contributed by atoms with Gasteiger partial charge in [-0.1, -0.05) is 20.3 Å². The highest BCUT2D eigenvalue weighted by atomic mass is 16.2. The van der Waals surface area contributed by atoms with Gasteiger partial charge in [0.25, 0.3) is 0 Å². The summed E-state index contributed by atoms with van der Waals surface area (Å²) in [6.07, 6.45) is 2.34. The van der Waals surface area contributed by atoms with Crippen molar-refractivity contribution in [2.45, 2.75) is 33.1 Å². The van der Waals surface area contributed by atoms with Crippen LogP contribution in [-0.2, 0) is 9.59 Å². The molecule has 1 aliphatic heterocycles. The van der Waals surface area contributed by atoms with Crippen molar-refractivity contribution in [3.05, 3.63) is 0 Å². The molecule has 1 unspecified atom stereocenters. The van der Waals surface area contributed by atoms with Crippen molar-refractivity contribution in [1.82, 2.24) is 10.6 Å². The number of rotatable bonds is 4. The molecule has 1 heterocycles. The Labute approximate surface area is 88.6 Å². The van der Waals surface area contributed by atoms with E-state index in [9.17, 15) is 14.4 Å². The number of imide groups is 2. The van der Waals surface area contributed by atoms with Gasteiger partial charge in [0.2, 0.25) is 11.8 Å². The van der Waals surface area contributed by atoms with Crippen LogP contribution in [0.4, 0.5) is 4.79 Å². The predicted molar refractivity (Wildman–Crippen MR) is 53.9 cm³/mol. The summed E-state index contributed by atoms with van der Waals surface area (Å²) >= 11 is 0. The number of carbonyl (C=O) groups is 3. The zero-order valence-electron chi connectivity index (χ0n) is 9.00. The van der Waals surface area contributed by atoms with Crippen LogP contribution in [0.2, 0.25) is 0 Å². The van der Waals surface area contributed by atoms with Gasteiger partial charge in [-0.15, -0.1) is 0 Å². The van der Waals surface area contributed by atoms with Crippen LogP contribution in [-0.4, -0.2) is 17.8 Å². The van der Waals surface area contributed by atoms with Crippen LogP contribution < -0.4 is 10.6 Å². The maximum absolute atomic E-state index is 11.3. The third-order valence-corrected chi connectivity index (χ3v) is 2.75. The minimum Gasteiger partial charge on any atom is -0.277 e. The molecule has 0 aromatic carbocycles. The molecule has 0 saturated carbocycles. The van der Waals surface area contributed by atoms with E-state index in [1.807, 2.05) is 0 Å². The largest absolute Gasteiger partial charge is 0.328 e. The maximum atomic E-state index is 11.3. The molecule has 0 radical (unpaired) electrons. The number of amides is 4. The molecular formula is C10H16N2O3. The summed E-state index contributed by atoms with van der Waals surface area (Å²) in [6.45, 7) is 4.14. The van der Waals surface area contributed by atoms with Crippen molar-refractivity contribution in [3.8, 4) is 0 Å². The molecule has 15 heavy (non-hydrogen) atoms. The molecule has 0 aromatic heterocycles. The summed E-state index contributed by atoms with van der Waals surface area (Å²) in [4.78, 5) is 33.4. The Bertz CT molecular complexity index is 268. The van der Waals surface area contributed by atoms with Gasteiger partial charge in [-0.3, -0.25) is 20.2 Å². The van der Waals surface area contributed by atoms with Gasteiger partial charge >= 0.3 is 6.03 Å². The molecule has 1 fully saturated rings. The summed E-state index contributed by atoms with van der Waals surface area (Å²) in [5.41, 5.74) is 0. The average Bonchev–Trinajstić information content (AvgIpc) is 2.15. The second-order valence-electron chi connectivity index (χ2n) is 3.95. The van der Waals surface area contributed by atoms with E-state index in [1.165, 1.54) is 0 Å². The Morgan fingerprint density at radius 3 is 2.20 bits per heavy atom. The van der Waals surface area contributed by atoms with Crippen LogP contribution >= 0.6 is 0 Å². The van der Waals surface area contributed by atoms with Gasteiger partial charge in [-0.05, 0) is 18.8 Å². The second-order valence-corrected chi connectivity index (χ2v) is 3.95. The van der Waals surface area contributed by atoms with E-state index in [4.69, 9.17) is 0 Å². The van der Waals surface area contributed by atoms with E-state index >= 15 is 0 Å². The standard InChI is InChI=1S/C10H16N2O3/c1-3-6(2)4-5-7-8(13)11-10(15)12-9(7)14/h6-7H,3-5H2,1-2H3,(H2,11,12,13,14,15). The Morgan fingerprint density at radius 1 is 1.20 bits per heavy atom. The number of hydrogen-bond acceptors (Lipinski definition) is 3. The van der Waals surface area contributed by atoms with Crippen LogP contribution in [0.5, 0.6) is 0 Å². The fourth-order valence-corrected chi connectivity index (χ4v) is 1.47. The molecule has 2 N–H and O–H groups in total. The van der Waals surface area contributed by atoms with Crippen molar-refractivity contribution < 1.29 is 14.4 Å². The molecular weight excluding hydrogens is 196 g/mol. The maximum Gasteiger partial charge on any atom is 0.328 e. The van der Waals surface area contributed by atoms with Crippen LogP contribution in [0.1, 0.15) is 33.1 Å². The first-order valence-electron chi connectivity index (χ1n) is 5.20. The van der Waals surface area contributed by atoms with Gasteiger partial charge in [0.05, 0.1) is 0 Å². The van der Waals surface area contributed by atoms with Gasteiger partial charge in [0, 0.05) is 0 Å². The van der Waals surface area contributed by atoms with Gasteiger partial charge in [-0.25, -0.2) is 4.79 Å². The summed E-state index contributed by atoms with van der Waals surface area (Å²) < 4.78 is 0. The summed E-state index contributed by atoms with van der Waals surface area (Å²) in [5.74, 6) is -1.18. The summed E-state index contributed by atoms with van der Waals surface area (Å²) in [5, 5.41) is 4.18. The molecule has 0 aliphatic carbocycles. The number of hydrogen-bond donors (Lipinski definition) is 2. The van der Waals surface area contributed by atoms with Gasteiger partial charge in [0.15, 0.2) is 0 Å². The molecule has 5 nitrogen and oxygen atoms in total. The van der Waals surface area contributed by atoms with Crippen molar-refractivity contribution in [3.63, 3.8) is 0 Å². The van der Waals surface area contributed by atoms with Gasteiger partial charge in [0.1, 0.15) is 5.92 Å². The van der Waals surface area contributed by atoms with E-state index in [1.54, 1.807) is 0 Å². The highest BCUT2D eigenvalue weighted by molar-refractivity contribution is 6.16. The number of barbiturate groups is 1. The predicted octanol–water partition coefficient (Wildman–Crippen LogP) is 0.795. The first-order valence-corrected chi connectivity index (χ1v) is 5.20. The lowest BCUT2D eigenvalue weighted by atomic mass is 9.93. The zero-order chi connectivity index (χ0) is 11.4. The van der Waals surface area contributed by atoms with Crippen molar-refractivity contribution in [1.29, 1.82) is 0 Å². The molecule has 0 spiro atoms. The third kappa shape index (κ3) is 3.04. The molecule has 1 rings (SSSR count). The first kappa shape index (κ1) is 11.7. The smallest absolute Gasteiger partial charge is 0.277 e. The molecule has 1 aliphatic rings. The van der Waals surface area contributed by atoms with Gasteiger partial charge < -0.3 is 0 Å². The fourth-order valence-electron chi connectivity index (χ4n) is 1.47. The van der Waals surface area contributed by atoms with E-state index in [0.717, 1.165) is 12.8 Å². The van der Waals surface area contributed by atoms with Crippen molar-refractivity contribution in [2.24, 2.45) is 11.8 Å².